The highest BCUT2D eigenvalue weighted by Gasteiger charge is 2.47. The third-order valence-electron chi connectivity index (χ3n) is 2.76. The summed E-state index contributed by atoms with van der Waals surface area (Å²) in [7, 11) is 0. The molecule has 0 aromatic carbocycles. The Morgan fingerprint density at radius 3 is 1.27 bits per heavy atom. The second-order valence-electron chi connectivity index (χ2n) is 4.09. The van der Waals surface area contributed by atoms with Crippen molar-refractivity contribution in [1.82, 2.24) is 4.90 Å². The van der Waals surface area contributed by atoms with Crippen molar-refractivity contribution >= 4 is 23.9 Å². The van der Waals surface area contributed by atoms with Crippen LogP contribution < -0.4 is 0 Å². The fourth-order valence-electron chi connectivity index (χ4n) is 1.77. The van der Waals surface area contributed by atoms with E-state index in [0.29, 0.717) is 0 Å². The van der Waals surface area contributed by atoms with Gasteiger partial charge < -0.3 is 35.7 Å². The second kappa shape index (κ2) is 8.23. The zero-order chi connectivity index (χ0) is 17.6. The number of carboxylic acid groups (broad SMARTS) is 4. The van der Waals surface area contributed by atoms with Gasteiger partial charge in [-0.15, -0.1) is 0 Å². The molecule has 0 fully saturated rings. The molecule has 126 valence electrons. The van der Waals surface area contributed by atoms with E-state index < -0.39 is 61.3 Å². The van der Waals surface area contributed by atoms with Crippen molar-refractivity contribution in [3.8, 4) is 0 Å². The Morgan fingerprint density at radius 2 is 1.09 bits per heavy atom. The molecule has 0 spiro atoms. The minimum atomic E-state index is -2.70. The summed E-state index contributed by atoms with van der Waals surface area (Å²) in [5.41, 5.74) is 0. The number of nitrogens with zero attached hydrogens (tertiary/aromatic N) is 1. The van der Waals surface area contributed by atoms with Crippen LogP contribution in [-0.2, 0) is 19.2 Å². The van der Waals surface area contributed by atoms with E-state index >= 15 is 0 Å². The first-order chi connectivity index (χ1) is 10.1. The van der Waals surface area contributed by atoms with Gasteiger partial charge >= 0.3 is 23.9 Å². The third kappa shape index (κ3) is 4.36. The SMILES string of the molecule is O=C(O)C(O)[C@@H](C(=O)O)N(C(CO)C(=O)O)C(CO)C(=O)O. The fourth-order valence-corrected chi connectivity index (χ4v) is 1.77. The van der Waals surface area contributed by atoms with Crippen molar-refractivity contribution in [2.45, 2.75) is 24.2 Å². The van der Waals surface area contributed by atoms with Gasteiger partial charge in [0.25, 0.3) is 0 Å². The van der Waals surface area contributed by atoms with Gasteiger partial charge in [-0.3, -0.25) is 19.3 Å². The van der Waals surface area contributed by atoms with Crippen LogP contribution in [0, 0.1) is 0 Å². The Kier molecular flexibility index (Phi) is 7.38. The highest BCUT2D eigenvalue weighted by molar-refractivity contribution is 5.86. The lowest BCUT2D eigenvalue weighted by atomic mass is 10.0. The highest BCUT2D eigenvalue weighted by atomic mass is 16.4. The molecule has 0 amide bonds. The molecule has 0 bridgehead atoms. The van der Waals surface area contributed by atoms with Gasteiger partial charge in [0.2, 0.25) is 0 Å². The van der Waals surface area contributed by atoms with E-state index in [9.17, 15) is 24.3 Å². The summed E-state index contributed by atoms with van der Waals surface area (Å²) in [4.78, 5) is 44.0. The van der Waals surface area contributed by atoms with E-state index in [-0.39, 0.29) is 4.90 Å². The van der Waals surface area contributed by atoms with Gasteiger partial charge in [-0.1, -0.05) is 0 Å². The lowest BCUT2D eigenvalue weighted by Crippen LogP contribution is -2.64. The first-order valence-corrected chi connectivity index (χ1v) is 5.68. The van der Waals surface area contributed by atoms with Crippen molar-refractivity contribution < 1.29 is 54.9 Å². The second-order valence-corrected chi connectivity index (χ2v) is 4.09. The van der Waals surface area contributed by atoms with Crippen molar-refractivity contribution in [2.75, 3.05) is 13.2 Å². The first-order valence-electron chi connectivity index (χ1n) is 5.68. The Balaban J connectivity index is 6.08. The summed E-state index contributed by atoms with van der Waals surface area (Å²) in [5.74, 6) is -7.84. The normalized spacial score (nSPS) is 16.5. The van der Waals surface area contributed by atoms with Crippen LogP contribution in [0.4, 0.5) is 0 Å². The quantitative estimate of drug-likeness (QED) is 0.205. The number of hydrogen-bond acceptors (Lipinski definition) is 8. The maximum Gasteiger partial charge on any atom is 0.334 e. The lowest BCUT2D eigenvalue weighted by Gasteiger charge is -2.37. The molecular formula is C10H15NO11. The Morgan fingerprint density at radius 1 is 0.727 bits per heavy atom. The molecular weight excluding hydrogens is 310 g/mol. The number of carbonyl (C=O) groups is 4. The van der Waals surface area contributed by atoms with Crippen LogP contribution in [0.25, 0.3) is 0 Å². The van der Waals surface area contributed by atoms with Crippen LogP contribution in [0.3, 0.4) is 0 Å². The summed E-state index contributed by atoms with van der Waals surface area (Å²) in [6.07, 6.45) is -2.70. The zero-order valence-corrected chi connectivity index (χ0v) is 10.9. The van der Waals surface area contributed by atoms with E-state index in [4.69, 9.17) is 30.6 Å². The molecule has 0 rings (SSSR count). The molecule has 0 saturated carbocycles. The molecule has 3 unspecified atom stereocenters. The molecule has 12 heteroatoms. The summed E-state index contributed by atoms with van der Waals surface area (Å²) in [6, 6.07) is -6.88. The molecule has 4 atom stereocenters. The van der Waals surface area contributed by atoms with Crippen LogP contribution >= 0.6 is 0 Å². The van der Waals surface area contributed by atoms with Crippen LogP contribution in [-0.4, -0.2) is 102 Å². The van der Waals surface area contributed by atoms with Crippen molar-refractivity contribution in [1.29, 1.82) is 0 Å². The molecule has 0 aliphatic rings. The third-order valence-corrected chi connectivity index (χ3v) is 2.76. The Bertz CT molecular complexity index is 428. The maximum atomic E-state index is 11.2. The van der Waals surface area contributed by atoms with Gasteiger partial charge in [-0.2, -0.15) is 0 Å². The van der Waals surface area contributed by atoms with Gasteiger partial charge in [0.05, 0.1) is 13.2 Å². The standard InChI is InChI=1S/C10H15NO11/c12-1-3(7(15)16)11(4(2-13)8(17)18)5(9(19)20)6(14)10(21)22/h3-6,12-14H,1-2H2,(H,15,16)(H,17,18)(H,19,20)(H,21,22)/t3?,4?,5-,6?/m0/s1. The maximum absolute atomic E-state index is 11.2. The summed E-state index contributed by atoms with van der Waals surface area (Å²) in [6.45, 7) is -2.57. The van der Waals surface area contributed by atoms with Gasteiger partial charge in [0.15, 0.2) is 6.10 Å². The van der Waals surface area contributed by atoms with E-state index in [1.165, 1.54) is 0 Å². The molecule has 0 heterocycles. The van der Waals surface area contributed by atoms with Gasteiger partial charge in [-0.25, -0.2) is 4.79 Å². The van der Waals surface area contributed by atoms with Crippen molar-refractivity contribution in [2.24, 2.45) is 0 Å². The van der Waals surface area contributed by atoms with Crippen LogP contribution in [0.2, 0.25) is 0 Å². The van der Waals surface area contributed by atoms with Crippen molar-refractivity contribution in [3.63, 3.8) is 0 Å². The first kappa shape index (κ1) is 19.7. The zero-order valence-electron chi connectivity index (χ0n) is 10.9. The van der Waals surface area contributed by atoms with Crippen LogP contribution in [0.15, 0.2) is 0 Å². The van der Waals surface area contributed by atoms with Crippen LogP contribution in [0.1, 0.15) is 0 Å². The van der Waals surface area contributed by atoms with Crippen LogP contribution in [0.5, 0.6) is 0 Å². The van der Waals surface area contributed by atoms with Gasteiger partial charge in [0, 0.05) is 0 Å². The van der Waals surface area contributed by atoms with Crippen molar-refractivity contribution in [3.05, 3.63) is 0 Å². The molecule has 0 aliphatic carbocycles. The molecule has 0 radical (unpaired) electrons. The Labute approximate surface area is 122 Å². The average Bonchev–Trinajstić information content (AvgIpc) is 2.38. The predicted molar refractivity (Wildman–Crippen MR) is 63.9 cm³/mol. The molecule has 22 heavy (non-hydrogen) atoms. The minimum Gasteiger partial charge on any atom is -0.480 e. The number of aliphatic carboxylic acids is 4. The number of hydrogen-bond donors (Lipinski definition) is 7. The monoisotopic (exact) mass is 325 g/mol. The molecule has 12 nitrogen and oxygen atoms in total. The number of aliphatic hydroxyl groups is 3. The predicted octanol–water partition coefficient (Wildman–Crippen LogP) is -3.92. The van der Waals surface area contributed by atoms with E-state index in [1.54, 1.807) is 0 Å². The highest BCUT2D eigenvalue weighted by Crippen LogP contribution is 2.16. The Hall–Kier alpha value is -2.28. The largest absolute Gasteiger partial charge is 0.480 e. The smallest absolute Gasteiger partial charge is 0.334 e. The van der Waals surface area contributed by atoms with Gasteiger partial charge in [0.1, 0.15) is 18.1 Å². The number of aliphatic hydroxyl groups excluding tert-OH is 3. The molecule has 0 aromatic heterocycles. The number of carboxylic acids is 4. The minimum absolute atomic E-state index is 0.0196. The summed E-state index contributed by atoms with van der Waals surface area (Å²) >= 11 is 0. The van der Waals surface area contributed by atoms with E-state index in [1.807, 2.05) is 0 Å². The van der Waals surface area contributed by atoms with E-state index in [2.05, 4.69) is 0 Å². The molecule has 7 N–H and O–H groups in total. The lowest BCUT2D eigenvalue weighted by molar-refractivity contribution is -0.174. The topological polar surface area (TPSA) is 213 Å². The molecule has 0 aliphatic heterocycles. The number of rotatable bonds is 10. The van der Waals surface area contributed by atoms with Gasteiger partial charge in [-0.05, 0) is 0 Å². The van der Waals surface area contributed by atoms with E-state index in [0.717, 1.165) is 0 Å². The molecule has 0 aromatic rings. The molecule has 0 saturated heterocycles. The summed E-state index contributed by atoms with van der Waals surface area (Å²) < 4.78 is 0. The average molecular weight is 325 g/mol. The fraction of sp³-hybridized carbons (Fsp3) is 0.600. The summed E-state index contributed by atoms with van der Waals surface area (Å²) in [5, 5.41) is 63.0.